The van der Waals surface area contributed by atoms with Crippen LogP contribution in [0.25, 0.3) is 0 Å². The second kappa shape index (κ2) is 7.45. The zero-order valence-corrected chi connectivity index (χ0v) is 14.2. The first-order chi connectivity index (χ1) is 9.70. The minimum Gasteiger partial charge on any atom is -0.480 e. The number of urea groups is 1. The second-order valence-electron chi connectivity index (χ2n) is 5.53. The van der Waals surface area contributed by atoms with Crippen molar-refractivity contribution in [3.05, 3.63) is 27.7 Å². The topological polar surface area (TPSA) is 78.4 Å². The lowest BCUT2D eigenvalue weighted by atomic mass is 10.0. The van der Waals surface area contributed by atoms with Crippen molar-refractivity contribution in [3.8, 4) is 0 Å². The van der Waals surface area contributed by atoms with Gasteiger partial charge in [0.1, 0.15) is 6.04 Å². The molecule has 2 amide bonds. The van der Waals surface area contributed by atoms with E-state index in [4.69, 9.17) is 5.11 Å². The standard InChI is InChI=1S/C15H21BrN2O3/c1-8(2)5-12(14(19)20)17-15(21)18-13-9(3)6-11(16)7-10(13)4/h6-8,12H,5H2,1-4H3,(H,19,20)(H2,17,18,21)/t12-/m0/s1. The normalized spacial score (nSPS) is 12.1. The maximum Gasteiger partial charge on any atom is 0.326 e. The number of carbonyl (C=O) groups excluding carboxylic acids is 1. The van der Waals surface area contributed by atoms with Gasteiger partial charge < -0.3 is 15.7 Å². The van der Waals surface area contributed by atoms with Crippen molar-refractivity contribution in [3.63, 3.8) is 0 Å². The molecule has 0 radical (unpaired) electrons. The Labute approximate surface area is 133 Å². The number of aliphatic carboxylic acids is 1. The lowest BCUT2D eigenvalue weighted by Crippen LogP contribution is -2.43. The molecule has 0 spiro atoms. The highest BCUT2D eigenvalue weighted by molar-refractivity contribution is 9.10. The fourth-order valence-corrected chi connectivity index (χ4v) is 2.80. The summed E-state index contributed by atoms with van der Waals surface area (Å²) in [6, 6.07) is 2.40. The van der Waals surface area contributed by atoms with Gasteiger partial charge in [0.15, 0.2) is 0 Å². The summed E-state index contributed by atoms with van der Waals surface area (Å²) < 4.78 is 0.937. The molecular formula is C15H21BrN2O3. The number of halogens is 1. The SMILES string of the molecule is Cc1cc(Br)cc(C)c1NC(=O)N[C@@H](CC(C)C)C(=O)O. The van der Waals surface area contributed by atoms with Crippen LogP contribution in [-0.2, 0) is 4.79 Å². The molecule has 0 aliphatic heterocycles. The molecule has 116 valence electrons. The van der Waals surface area contributed by atoms with Gasteiger partial charge in [0.2, 0.25) is 0 Å². The summed E-state index contributed by atoms with van der Waals surface area (Å²) in [4.78, 5) is 23.2. The molecule has 1 atom stereocenters. The van der Waals surface area contributed by atoms with Gasteiger partial charge in [-0.1, -0.05) is 29.8 Å². The summed E-state index contributed by atoms with van der Waals surface area (Å²) in [5.41, 5.74) is 2.52. The number of carboxylic acid groups (broad SMARTS) is 1. The zero-order valence-electron chi connectivity index (χ0n) is 12.7. The first-order valence-electron chi connectivity index (χ1n) is 6.77. The molecule has 0 aliphatic carbocycles. The Morgan fingerprint density at radius 1 is 1.24 bits per heavy atom. The van der Waals surface area contributed by atoms with E-state index in [2.05, 4.69) is 26.6 Å². The van der Waals surface area contributed by atoms with Crippen molar-refractivity contribution >= 4 is 33.6 Å². The van der Waals surface area contributed by atoms with Gasteiger partial charge in [-0.15, -0.1) is 0 Å². The Morgan fingerprint density at radius 2 is 1.76 bits per heavy atom. The maximum absolute atomic E-state index is 12.0. The van der Waals surface area contributed by atoms with Crippen LogP contribution in [0.3, 0.4) is 0 Å². The predicted octanol–water partition coefficient (Wildman–Crippen LogP) is 3.69. The maximum atomic E-state index is 12.0. The molecule has 1 aromatic rings. The van der Waals surface area contributed by atoms with Crippen LogP contribution in [0.4, 0.5) is 10.5 Å². The first-order valence-corrected chi connectivity index (χ1v) is 7.57. The van der Waals surface area contributed by atoms with E-state index in [1.54, 1.807) is 0 Å². The van der Waals surface area contributed by atoms with Crippen LogP contribution in [0.5, 0.6) is 0 Å². The van der Waals surface area contributed by atoms with E-state index in [1.807, 2.05) is 39.8 Å². The molecule has 1 rings (SSSR count). The smallest absolute Gasteiger partial charge is 0.326 e. The van der Waals surface area contributed by atoms with E-state index in [0.717, 1.165) is 15.6 Å². The van der Waals surface area contributed by atoms with E-state index in [9.17, 15) is 9.59 Å². The lowest BCUT2D eigenvalue weighted by molar-refractivity contribution is -0.139. The largest absolute Gasteiger partial charge is 0.480 e. The summed E-state index contributed by atoms with van der Waals surface area (Å²) in [6.45, 7) is 7.60. The highest BCUT2D eigenvalue weighted by Crippen LogP contribution is 2.25. The van der Waals surface area contributed by atoms with Gasteiger partial charge in [-0.05, 0) is 49.4 Å². The predicted molar refractivity (Wildman–Crippen MR) is 86.6 cm³/mol. The van der Waals surface area contributed by atoms with Gasteiger partial charge in [-0.3, -0.25) is 0 Å². The molecule has 0 unspecified atom stereocenters. The molecule has 1 aromatic carbocycles. The Kier molecular flexibility index (Phi) is 6.20. The molecule has 0 saturated heterocycles. The summed E-state index contributed by atoms with van der Waals surface area (Å²) in [5, 5.41) is 14.4. The number of benzene rings is 1. The average Bonchev–Trinajstić information content (AvgIpc) is 2.32. The monoisotopic (exact) mass is 356 g/mol. The van der Waals surface area contributed by atoms with Crippen molar-refractivity contribution in [2.75, 3.05) is 5.32 Å². The molecule has 0 heterocycles. The number of hydrogen-bond acceptors (Lipinski definition) is 2. The Bertz CT molecular complexity index is 521. The van der Waals surface area contributed by atoms with Gasteiger partial charge in [-0.25, -0.2) is 9.59 Å². The Hall–Kier alpha value is -1.56. The Balaban J connectivity index is 2.79. The number of aryl methyl sites for hydroxylation is 2. The van der Waals surface area contributed by atoms with Crippen molar-refractivity contribution in [2.45, 2.75) is 40.2 Å². The van der Waals surface area contributed by atoms with Gasteiger partial charge in [0.05, 0.1) is 0 Å². The van der Waals surface area contributed by atoms with Crippen LogP contribution in [-0.4, -0.2) is 23.1 Å². The van der Waals surface area contributed by atoms with Gasteiger partial charge in [-0.2, -0.15) is 0 Å². The molecule has 3 N–H and O–H groups in total. The van der Waals surface area contributed by atoms with Crippen LogP contribution in [0.2, 0.25) is 0 Å². The molecule has 0 aliphatic rings. The minimum absolute atomic E-state index is 0.183. The number of hydrogen-bond donors (Lipinski definition) is 3. The first kappa shape index (κ1) is 17.5. The van der Waals surface area contributed by atoms with Crippen molar-refractivity contribution in [2.24, 2.45) is 5.92 Å². The molecule has 5 nitrogen and oxygen atoms in total. The zero-order chi connectivity index (χ0) is 16.2. The van der Waals surface area contributed by atoms with E-state index >= 15 is 0 Å². The van der Waals surface area contributed by atoms with Crippen LogP contribution in [0.1, 0.15) is 31.4 Å². The third kappa shape index (κ3) is 5.38. The van der Waals surface area contributed by atoms with E-state index in [0.29, 0.717) is 12.1 Å². The van der Waals surface area contributed by atoms with Crippen molar-refractivity contribution in [1.82, 2.24) is 5.32 Å². The van der Waals surface area contributed by atoms with Crippen LogP contribution in [0, 0.1) is 19.8 Å². The van der Waals surface area contributed by atoms with Crippen molar-refractivity contribution in [1.29, 1.82) is 0 Å². The number of nitrogens with one attached hydrogen (secondary N) is 2. The highest BCUT2D eigenvalue weighted by Gasteiger charge is 2.21. The molecular weight excluding hydrogens is 336 g/mol. The summed E-state index contributed by atoms with van der Waals surface area (Å²) in [5.74, 6) is -0.842. The second-order valence-corrected chi connectivity index (χ2v) is 6.45. The number of carboxylic acids is 1. The fraction of sp³-hybridized carbons (Fsp3) is 0.467. The Morgan fingerprint density at radius 3 is 2.19 bits per heavy atom. The lowest BCUT2D eigenvalue weighted by Gasteiger charge is -2.18. The van der Waals surface area contributed by atoms with E-state index in [1.165, 1.54) is 0 Å². The molecule has 6 heteroatoms. The molecule has 0 bridgehead atoms. The molecule has 21 heavy (non-hydrogen) atoms. The van der Waals surface area contributed by atoms with Crippen LogP contribution < -0.4 is 10.6 Å². The number of carbonyl (C=O) groups is 2. The highest BCUT2D eigenvalue weighted by atomic mass is 79.9. The van der Waals surface area contributed by atoms with Crippen LogP contribution >= 0.6 is 15.9 Å². The van der Waals surface area contributed by atoms with Gasteiger partial charge in [0, 0.05) is 10.2 Å². The molecule has 0 saturated carbocycles. The van der Waals surface area contributed by atoms with Gasteiger partial charge in [0.25, 0.3) is 0 Å². The third-order valence-electron chi connectivity index (χ3n) is 3.05. The van der Waals surface area contributed by atoms with Crippen LogP contribution in [0.15, 0.2) is 16.6 Å². The molecule has 0 fully saturated rings. The summed E-state index contributed by atoms with van der Waals surface area (Å²) in [6.07, 6.45) is 0.390. The average molecular weight is 357 g/mol. The van der Waals surface area contributed by atoms with E-state index in [-0.39, 0.29) is 5.92 Å². The fourth-order valence-electron chi connectivity index (χ4n) is 2.11. The number of rotatable bonds is 5. The van der Waals surface area contributed by atoms with E-state index < -0.39 is 18.0 Å². The minimum atomic E-state index is -1.02. The number of amides is 2. The molecule has 0 aromatic heterocycles. The van der Waals surface area contributed by atoms with Crippen molar-refractivity contribution < 1.29 is 14.7 Å². The summed E-state index contributed by atoms with van der Waals surface area (Å²) in [7, 11) is 0. The number of anilines is 1. The summed E-state index contributed by atoms with van der Waals surface area (Å²) >= 11 is 3.39. The van der Waals surface area contributed by atoms with Gasteiger partial charge >= 0.3 is 12.0 Å². The quantitative estimate of drug-likeness (QED) is 0.752. The third-order valence-corrected chi connectivity index (χ3v) is 3.50.